The Bertz CT molecular complexity index is 636. The van der Waals surface area contributed by atoms with Crippen LogP contribution in [0.25, 0.3) is 11.4 Å². The molecular weight excluding hydrogens is 308 g/mol. The maximum absolute atomic E-state index is 5.97. The van der Waals surface area contributed by atoms with Crippen LogP contribution >= 0.6 is 11.6 Å². The summed E-state index contributed by atoms with van der Waals surface area (Å²) in [7, 11) is 0. The third kappa shape index (κ3) is 4.43. The molecule has 0 spiro atoms. The average Bonchev–Trinajstić information content (AvgIpc) is 2.61. The van der Waals surface area contributed by atoms with Gasteiger partial charge in [-0.3, -0.25) is 0 Å². The summed E-state index contributed by atoms with van der Waals surface area (Å²) in [6.45, 7) is 5.30. The Balaban J connectivity index is 1.76. The number of hydrogen-bond acceptors (Lipinski definition) is 4. The van der Waals surface area contributed by atoms with E-state index < -0.39 is 0 Å². The minimum Gasteiger partial charge on any atom is -0.370 e. The molecular formula is C18H23ClN4. The molecule has 0 bridgehead atoms. The smallest absolute Gasteiger partial charge is 0.161 e. The molecule has 2 aromatic rings. The van der Waals surface area contributed by atoms with Crippen molar-refractivity contribution in [3.8, 4) is 11.4 Å². The van der Waals surface area contributed by atoms with E-state index in [1.165, 1.54) is 12.8 Å². The Labute approximate surface area is 142 Å². The monoisotopic (exact) mass is 330 g/mol. The molecule has 1 unspecified atom stereocenters. The van der Waals surface area contributed by atoms with Crippen LogP contribution in [0.1, 0.15) is 25.5 Å². The van der Waals surface area contributed by atoms with Gasteiger partial charge < -0.3 is 10.6 Å². The molecule has 5 heteroatoms. The highest BCUT2D eigenvalue weighted by atomic mass is 35.5. The number of anilines is 1. The lowest BCUT2D eigenvalue weighted by molar-refractivity contribution is 0.392. The lowest BCUT2D eigenvalue weighted by Crippen LogP contribution is -2.33. The normalized spacial score (nSPS) is 17.9. The van der Waals surface area contributed by atoms with Crippen molar-refractivity contribution in [1.82, 2.24) is 15.3 Å². The molecule has 2 heterocycles. The van der Waals surface area contributed by atoms with Gasteiger partial charge >= 0.3 is 0 Å². The van der Waals surface area contributed by atoms with Gasteiger partial charge in [0.15, 0.2) is 5.82 Å². The molecule has 0 aliphatic carbocycles. The quantitative estimate of drug-likeness (QED) is 0.876. The van der Waals surface area contributed by atoms with Gasteiger partial charge in [0.2, 0.25) is 0 Å². The van der Waals surface area contributed by atoms with E-state index in [9.17, 15) is 0 Å². The molecule has 122 valence electrons. The van der Waals surface area contributed by atoms with Gasteiger partial charge in [0.1, 0.15) is 5.82 Å². The third-order valence-corrected chi connectivity index (χ3v) is 4.47. The maximum atomic E-state index is 5.97. The molecule has 1 aliphatic rings. The number of piperidine rings is 1. The van der Waals surface area contributed by atoms with Crippen LogP contribution in [-0.4, -0.2) is 29.6 Å². The van der Waals surface area contributed by atoms with Crippen molar-refractivity contribution >= 4 is 17.4 Å². The molecule has 1 aromatic heterocycles. The Morgan fingerprint density at radius 2 is 2.09 bits per heavy atom. The van der Waals surface area contributed by atoms with Crippen LogP contribution in [0.2, 0.25) is 5.02 Å². The molecule has 2 N–H and O–H groups in total. The Kier molecular flexibility index (Phi) is 5.47. The van der Waals surface area contributed by atoms with Crippen molar-refractivity contribution < 1.29 is 0 Å². The van der Waals surface area contributed by atoms with Gasteiger partial charge in [-0.25, -0.2) is 9.97 Å². The zero-order chi connectivity index (χ0) is 16.1. The van der Waals surface area contributed by atoms with Crippen LogP contribution in [-0.2, 0) is 6.42 Å². The van der Waals surface area contributed by atoms with Gasteiger partial charge in [0, 0.05) is 28.9 Å². The van der Waals surface area contributed by atoms with E-state index in [1.807, 2.05) is 24.3 Å². The fraction of sp³-hybridized carbons (Fsp3) is 0.444. The number of rotatable bonds is 5. The van der Waals surface area contributed by atoms with Gasteiger partial charge in [0.05, 0.1) is 0 Å². The van der Waals surface area contributed by atoms with E-state index in [0.29, 0.717) is 5.92 Å². The highest BCUT2D eigenvalue weighted by Gasteiger charge is 2.13. The minimum absolute atomic E-state index is 0.669. The van der Waals surface area contributed by atoms with E-state index in [1.54, 1.807) is 0 Å². The van der Waals surface area contributed by atoms with Gasteiger partial charge in [-0.05, 0) is 62.5 Å². The van der Waals surface area contributed by atoms with Crippen LogP contribution in [0.5, 0.6) is 0 Å². The second-order valence-electron chi connectivity index (χ2n) is 6.02. The Hall–Kier alpha value is -1.65. The second kappa shape index (κ2) is 7.75. The highest BCUT2D eigenvalue weighted by Crippen LogP contribution is 2.21. The van der Waals surface area contributed by atoms with Crippen molar-refractivity contribution in [3.63, 3.8) is 0 Å². The summed E-state index contributed by atoms with van der Waals surface area (Å²) in [6.07, 6.45) is 3.42. The van der Waals surface area contributed by atoms with Crippen molar-refractivity contribution in [3.05, 3.63) is 41.0 Å². The standard InChI is InChI=1S/C18H23ClN4/c1-2-16-10-17(21-12-13-4-3-9-20-11-13)23-18(22-16)14-5-7-15(19)8-6-14/h5-8,10,13,20H,2-4,9,11-12H2,1H3,(H,21,22,23). The summed E-state index contributed by atoms with van der Waals surface area (Å²) in [4.78, 5) is 9.32. The first-order valence-electron chi connectivity index (χ1n) is 8.33. The maximum Gasteiger partial charge on any atom is 0.161 e. The van der Waals surface area contributed by atoms with Crippen LogP contribution in [0.15, 0.2) is 30.3 Å². The van der Waals surface area contributed by atoms with Gasteiger partial charge in [-0.2, -0.15) is 0 Å². The highest BCUT2D eigenvalue weighted by molar-refractivity contribution is 6.30. The van der Waals surface area contributed by atoms with Gasteiger partial charge in [-0.15, -0.1) is 0 Å². The molecule has 4 nitrogen and oxygen atoms in total. The molecule has 1 fully saturated rings. The third-order valence-electron chi connectivity index (χ3n) is 4.21. The van der Waals surface area contributed by atoms with E-state index in [-0.39, 0.29) is 0 Å². The minimum atomic E-state index is 0.669. The van der Waals surface area contributed by atoms with Gasteiger partial charge in [0.25, 0.3) is 0 Å². The summed E-state index contributed by atoms with van der Waals surface area (Å²) in [5, 5.41) is 7.67. The lowest BCUT2D eigenvalue weighted by atomic mass is 10.00. The van der Waals surface area contributed by atoms with Crippen LogP contribution in [0.4, 0.5) is 5.82 Å². The first-order chi connectivity index (χ1) is 11.2. The molecule has 3 rings (SSSR count). The van der Waals surface area contributed by atoms with E-state index in [2.05, 4.69) is 33.6 Å². The summed E-state index contributed by atoms with van der Waals surface area (Å²) in [5.74, 6) is 2.33. The largest absolute Gasteiger partial charge is 0.370 e. The van der Waals surface area contributed by atoms with Crippen molar-refractivity contribution in [2.75, 3.05) is 25.0 Å². The van der Waals surface area contributed by atoms with Crippen LogP contribution in [0.3, 0.4) is 0 Å². The number of nitrogens with zero attached hydrogens (tertiary/aromatic N) is 2. The van der Waals surface area contributed by atoms with Crippen molar-refractivity contribution in [1.29, 1.82) is 0 Å². The SMILES string of the molecule is CCc1cc(NCC2CCCNC2)nc(-c2ccc(Cl)cc2)n1. The Morgan fingerprint density at radius 1 is 1.26 bits per heavy atom. The number of hydrogen-bond donors (Lipinski definition) is 2. The number of aryl methyl sites for hydroxylation is 1. The van der Waals surface area contributed by atoms with Crippen LogP contribution in [0, 0.1) is 5.92 Å². The fourth-order valence-corrected chi connectivity index (χ4v) is 2.97. The first-order valence-corrected chi connectivity index (χ1v) is 8.71. The topological polar surface area (TPSA) is 49.8 Å². The van der Waals surface area contributed by atoms with Crippen LogP contribution < -0.4 is 10.6 Å². The predicted octanol–water partition coefficient (Wildman–Crippen LogP) is 3.77. The van der Waals surface area contributed by atoms with Crippen molar-refractivity contribution in [2.24, 2.45) is 5.92 Å². The number of halogens is 1. The number of benzene rings is 1. The summed E-state index contributed by atoms with van der Waals surface area (Å²) >= 11 is 5.97. The first kappa shape index (κ1) is 16.2. The summed E-state index contributed by atoms with van der Waals surface area (Å²) in [6, 6.07) is 9.73. The predicted molar refractivity (Wildman–Crippen MR) is 95.9 cm³/mol. The number of nitrogens with one attached hydrogen (secondary N) is 2. The van der Waals surface area contributed by atoms with E-state index in [0.717, 1.165) is 54.0 Å². The van der Waals surface area contributed by atoms with E-state index in [4.69, 9.17) is 11.6 Å². The molecule has 1 saturated heterocycles. The number of aromatic nitrogens is 2. The molecule has 0 amide bonds. The fourth-order valence-electron chi connectivity index (χ4n) is 2.84. The molecule has 1 aliphatic heterocycles. The summed E-state index contributed by atoms with van der Waals surface area (Å²) < 4.78 is 0. The Morgan fingerprint density at radius 3 is 2.78 bits per heavy atom. The zero-order valence-electron chi connectivity index (χ0n) is 13.5. The summed E-state index contributed by atoms with van der Waals surface area (Å²) in [5.41, 5.74) is 2.04. The van der Waals surface area contributed by atoms with Gasteiger partial charge in [-0.1, -0.05) is 18.5 Å². The molecule has 0 radical (unpaired) electrons. The average molecular weight is 331 g/mol. The van der Waals surface area contributed by atoms with Crippen molar-refractivity contribution in [2.45, 2.75) is 26.2 Å². The molecule has 0 saturated carbocycles. The lowest BCUT2D eigenvalue weighted by Gasteiger charge is -2.23. The molecule has 23 heavy (non-hydrogen) atoms. The zero-order valence-corrected chi connectivity index (χ0v) is 14.2. The van der Waals surface area contributed by atoms with E-state index >= 15 is 0 Å². The molecule has 1 atom stereocenters. The molecule has 1 aromatic carbocycles. The second-order valence-corrected chi connectivity index (χ2v) is 6.46.